The lowest BCUT2D eigenvalue weighted by Crippen LogP contribution is -2.52. The van der Waals surface area contributed by atoms with Crippen LogP contribution in [-0.4, -0.2) is 22.6 Å². The summed E-state index contributed by atoms with van der Waals surface area (Å²) in [6.07, 6.45) is 2.69. The molecule has 1 aliphatic rings. The molecule has 1 aliphatic heterocycles. The van der Waals surface area contributed by atoms with E-state index in [0.717, 1.165) is 19.3 Å². The molecule has 1 atom stereocenters. The molecule has 1 heterocycles. The second-order valence-corrected chi connectivity index (χ2v) is 7.68. The van der Waals surface area contributed by atoms with Crippen LogP contribution in [0.1, 0.15) is 44.2 Å². The number of esters is 1. The largest absolute Gasteiger partial charge is 0.461 e. The Kier molecular flexibility index (Phi) is 5.11. The van der Waals surface area contributed by atoms with Gasteiger partial charge in [-0.2, -0.15) is 0 Å². The molecule has 0 unspecified atom stereocenters. The smallest absolute Gasteiger partial charge is 0.315 e. The molecule has 2 aromatic carbocycles. The molecule has 0 spiro atoms. The van der Waals surface area contributed by atoms with Crippen LogP contribution in [0.25, 0.3) is 0 Å². The van der Waals surface area contributed by atoms with Crippen LogP contribution in [0.2, 0.25) is 0 Å². The number of cyclic esters (lactones) is 1. The van der Waals surface area contributed by atoms with Gasteiger partial charge in [0.15, 0.2) is 0 Å². The minimum Gasteiger partial charge on any atom is -0.461 e. The number of hydrogen-bond acceptors (Lipinski definition) is 3. The van der Waals surface area contributed by atoms with Gasteiger partial charge in [-0.25, -0.2) is 0 Å². The molecule has 0 saturated carbocycles. The molecular weight excluding hydrogens is 328 g/mol. The monoisotopic (exact) mass is 354 g/mol. The van der Waals surface area contributed by atoms with Gasteiger partial charge in [-0.05, 0) is 44.2 Å². The van der Waals surface area contributed by atoms with Crippen LogP contribution in [0.15, 0.2) is 60.7 Å². The van der Waals surface area contributed by atoms with Gasteiger partial charge in [0.05, 0.1) is 5.41 Å². The topological polar surface area (TPSA) is 35.5 Å². The summed E-state index contributed by atoms with van der Waals surface area (Å²) in [4.78, 5) is 11.6. The van der Waals surface area contributed by atoms with Crippen molar-refractivity contribution in [2.75, 3.05) is 0 Å². The third kappa shape index (κ3) is 3.28. The third-order valence-electron chi connectivity index (χ3n) is 5.40. The van der Waals surface area contributed by atoms with Crippen molar-refractivity contribution in [3.05, 3.63) is 71.8 Å². The molecule has 0 N–H and O–H groups in total. The van der Waals surface area contributed by atoms with Crippen molar-refractivity contribution in [2.24, 2.45) is 5.41 Å². The lowest BCUT2D eigenvalue weighted by molar-refractivity contribution is -0.202. The standard InChI is InChI=1S/C21H26O3Si/c1-20(2)18(23-19(20)22)14-9-15-21(24-25,16-10-5-3-6-11-16)17-12-7-4-8-13-17/h3-8,10-13,18H,9,14-15H2,1-2,25H3/t18-/m0/s1. The number of hydrogen-bond donors (Lipinski definition) is 0. The van der Waals surface area contributed by atoms with Crippen LogP contribution in [0.4, 0.5) is 0 Å². The second kappa shape index (κ2) is 7.14. The van der Waals surface area contributed by atoms with E-state index in [-0.39, 0.29) is 17.5 Å². The van der Waals surface area contributed by atoms with E-state index in [1.807, 2.05) is 26.0 Å². The molecule has 1 saturated heterocycles. The highest BCUT2D eigenvalue weighted by atomic mass is 28.2. The molecule has 132 valence electrons. The zero-order chi connectivity index (χ0) is 17.9. The SMILES string of the molecule is CC1(C)C(=O)O[C@H]1CCCC(O[SiH3])(c1ccccc1)c1ccccc1. The summed E-state index contributed by atoms with van der Waals surface area (Å²) in [6.45, 7) is 3.93. The highest BCUT2D eigenvalue weighted by Gasteiger charge is 2.50. The van der Waals surface area contributed by atoms with Crippen molar-refractivity contribution >= 4 is 16.5 Å². The summed E-state index contributed by atoms with van der Waals surface area (Å²) in [5, 5.41) is 0. The van der Waals surface area contributed by atoms with Crippen LogP contribution in [0.5, 0.6) is 0 Å². The fourth-order valence-electron chi connectivity index (χ4n) is 3.67. The third-order valence-corrected chi connectivity index (χ3v) is 6.10. The molecule has 2 aromatic rings. The summed E-state index contributed by atoms with van der Waals surface area (Å²) >= 11 is 0. The molecule has 4 heteroatoms. The molecule has 0 aliphatic carbocycles. The molecule has 25 heavy (non-hydrogen) atoms. The van der Waals surface area contributed by atoms with Gasteiger partial charge in [0, 0.05) is 0 Å². The summed E-state index contributed by atoms with van der Waals surface area (Å²) in [5.74, 6) is -0.0889. The van der Waals surface area contributed by atoms with E-state index in [0.29, 0.717) is 10.5 Å². The van der Waals surface area contributed by atoms with Gasteiger partial charge in [-0.3, -0.25) is 4.79 Å². The molecule has 0 amide bonds. The predicted octanol–water partition coefficient (Wildman–Crippen LogP) is 3.35. The average Bonchev–Trinajstić information content (AvgIpc) is 2.66. The zero-order valence-electron chi connectivity index (χ0n) is 15.2. The van der Waals surface area contributed by atoms with Gasteiger partial charge < -0.3 is 9.16 Å². The van der Waals surface area contributed by atoms with E-state index in [9.17, 15) is 4.79 Å². The van der Waals surface area contributed by atoms with Crippen LogP contribution < -0.4 is 0 Å². The van der Waals surface area contributed by atoms with E-state index in [2.05, 4.69) is 48.5 Å². The number of rotatable bonds is 7. The summed E-state index contributed by atoms with van der Waals surface area (Å²) in [5.41, 5.74) is 1.58. The average molecular weight is 355 g/mol. The highest BCUT2D eigenvalue weighted by molar-refractivity contribution is 5.98. The molecule has 1 fully saturated rings. The van der Waals surface area contributed by atoms with E-state index in [1.165, 1.54) is 11.1 Å². The minimum atomic E-state index is -0.424. The van der Waals surface area contributed by atoms with Gasteiger partial charge >= 0.3 is 5.97 Å². The lowest BCUT2D eigenvalue weighted by Gasteiger charge is -2.42. The molecule has 0 bridgehead atoms. The number of benzene rings is 2. The van der Waals surface area contributed by atoms with Crippen molar-refractivity contribution in [1.29, 1.82) is 0 Å². The van der Waals surface area contributed by atoms with Crippen LogP contribution >= 0.6 is 0 Å². The fraction of sp³-hybridized carbons (Fsp3) is 0.381. The number of carbonyl (C=O) groups is 1. The Bertz CT molecular complexity index is 673. The quantitative estimate of drug-likeness (QED) is 0.565. The number of ether oxygens (including phenoxy) is 1. The second-order valence-electron chi connectivity index (χ2n) is 7.27. The number of carbonyl (C=O) groups excluding carboxylic acids is 1. The maximum atomic E-state index is 11.6. The van der Waals surface area contributed by atoms with Gasteiger partial charge in [0.1, 0.15) is 22.2 Å². The van der Waals surface area contributed by atoms with Gasteiger partial charge in [-0.1, -0.05) is 60.7 Å². The Morgan fingerprint density at radius 1 is 1.04 bits per heavy atom. The molecular formula is C21H26O3Si. The first kappa shape index (κ1) is 17.9. The van der Waals surface area contributed by atoms with Crippen molar-refractivity contribution < 1.29 is 14.0 Å². The normalized spacial score (nSPS) is 19.3. The molecule has 0 aromatic heterocycles. The Morgan fingerprint density at radius 2 is 1.56 bits per heavy atom. The first-order valence-corrected chi connectivity index (χ1v) is 9.69. The Balaban J connectivity index is 1.81. The van der Waals surface area contributed by atoms with Crippen LogP contribution in [0, 0.1) is 5.41 Å². The first-order valence-electron chi connectivity index (χ1n) is 8.88. The van der Waals surface area contributed by atoms with Gasteiger partial charge in [-0.15, -0.1) is 0 Å². The maximum absolute atomic E-state index is 11.6. The van der Waals surface area contributed by atoms with E-state index >= 15 is 0 Å². The molecule has 0 radical (unpaired) electrons. The Hall–Kier alpha value is -1.91. The lowest BCUT2D eigenvalue weighted by atomic mass is 9.77. The van der Waals surface area contributed by atoms with Gasteiger partial charge in [0.2, 0.25) is 0 Å². The van der Waals surface area contributed by atoms with Gasteiger partial charge in [0.25, 0.3) is 0 Å². The highest BCUT2D eigenvalue weighted by Crippen LogP contribution is 2.41. The minimum absolute atomic E-state index is 0.0124. The van der Waals surface area contributed by atoms with Crippen LogP contribution in [0.3, 0.4) is 0 Å². The van der Waals surface area contributed by atoms with Crippen LogP contribution in [-0.2, 0) is 19.6 Å². The van der Waals surface area contributed by atoms with E-state index < -0.39 is 5.60 Å². The summed E-state index contributed by atoms with van der Waals surface area (Å²) in [6, 6.07) is 20.8. The van der Waals surface area contributed by atoms with E-state index in [4.69, 9.17) is 9.16 Å². The van der Waals surface area contributed by atoms with Crippen molar-refractivity contribution in [1.82, 2.24) is 0 Å². The molecule has 3 nitrogen and oxygen atoms in total. The zero-order valence-corrected chi connectivity index (χ0v) is 17.2. The van der Waals surface area contributed by atoms with Crippen molar-refractivity contribution in [3.63, 3.8) is 0 Å². The Morgan fingerprint density at radius 3 is 1.96 bits per heavy atom. The molecule has 3 rings (SSSR count). The maximum Gasteiger partial charge on any atom is 0.315 e. The fourth-order valence-corrected chi connectivity index (χ4v) is 4.34. The predicted molar refractivity (Wildman–Crippen MR) is 102 cm³/mol. The van der Waals surface area contributed by atoms with E-state index in [1.54, 1.807) is 0 Å². The summed E-state index contributed by atoms with van der Waals surface area (Å²) < 4.78 is 11.6. The Labute approximate surface area is 152 Å². The van der Waals surface area contributed by atoms with Crippen molar-refractivity contribution in [2.45, 2.75) is 44.8 Å². The summed E-state index contributed by atoms with van der Waals surface area (Å²) in [7, 11) is 0.645. The van der Waals surface area contributed by atoms with Crippen molar-refractivity contribution in [3.8, 4) is 0 Å². The first-order chi connectivity index (χ1) is 12.0.